The first-order valence-electron chi connectivity index (χ1n) is 5.16. The molecule has 0 fully saturated rings. The number of amides is 1. The zero-order chi connectivity index (χ0) is 13.7. The Bertz CT molecular complexity index is 480. The number of carbonyl (C=O) groups excluding carboxylic acids is 2. The zero-order valence-electron chi connectivity index (χ0n) is 9.97. The van der Waals surface area contributed by atoms with Gasteiger partial charge in [-0.3, -0.25) is 14.3 Å². The van der Waals surface area contributed by atoms with Gasteiger partial charge in [0, 0.05) is 7.05 Å². The number of carbonyl (C=O) groups is 3. The summed E-state index contributed by atoms with van der Waals surface area (Å²) < 4.78 is 5.80. The number of hydrogen-bond donors (Lipinski definition) is 2. The third-order valence-electron chi connectivity index (χ3n) is 2.04. The predicted octanol–water partition coefficient (Wildman–Crippen LogP) is 0.01000. The van der Waals surface area contributed by atoms with Gasteiger partial charge in [-0.05, 0) is 6.92 Å². The van der Waals surface area contributed by atoms with Crippen molar-refractivity contribution in [3.63, 3.8) is 0 Å². The van der Waals surface area contributed by atoms with E-state index in [9.17, 15) is 14.4 Å². The molecule has 1 heterocycles. The third kappa shape index (κ3) is 3.30. The van der Waals surface area contributed by atoms with E-state index in [-0.39, 0.29) is 18.0 Å². The number of hydrogen-bond acceptors (Lipinski definition) is 5. The van der Waals surface area contributed by atoms with Gasteiger partial charge in [0.15, 0.2) is 0 Å². The molecule has 0 aliphatic heterocycles. The Morgan fingerprint density at radius 1 is 1.50 bits per heavy atom. The van der Waals surface area contributed by atoms with E-state index in [4.69, 9.17) is 5.11 Å². The van der Waals surface area contributed by atoms with Crippen LogP contribution in [0, 0.1) is 0 Å². The largest absolute Gasteiger partial charge is 0.477 e. The molecule has 0 aromatic carbocycles. The fraction of sp³-hybridized carbons (Fsp3) is 0.400. The Morgan fingerprint density at radius 2 is 2.17 bits per heavy atom. The van der Waals surface area contributed by atoms with Crippen LogP contribution in [0.5, 0.6) is 0 Å². The summed E-state index contributed by atoms with van der Waals surface area (Å²) in [5, 5.41) is 14.9. The first-order valence-corrected chi connectivity index (χ1v) is 5.16. The minimum atomic E-state index is -1.21. The highest BCUT2D eigenvalue weighted by molar-refractivity contribution is 6.04. The lowest BCUT2D eigenvalue weighted by molar-refractivity contribution is -0.145. The van der Waals surface area contributed by atoms with Gasteiger partial charge in [-0.25, -0.2) is 4.79 Å². The lowest BCUT2D eigenvalue weighted by Crippen LogP contribution is -2.20. The normalized spacial score (nSPS) is 9.89. The van der Waals surface area contributed by atoms with Crippen molar-refractivity contribution in [2.75, 3.05) is 11.9 Å². The number of nitrogens with zero attached hydrogens (tertiary/aromatic N) is 2. The highest BCUT2D eigenvalue weighted by atomic mass is 16.5. The molecule has 1 rings (SSSR count). The summed E-state index contributed by atoms with van der Waals surface area (Å²) in [4.78, 5) is 33.4. The van der Waals surface area contributed by atoms with Gasteiger partial charge in [-0.2, -0.15) is 5.10 Å². The minimum Gasteiger partial charge on any atom is -0.477 e. The molecule has 0 spiro atoms. The lowest BCUT2D eigenvalue weighted by atomic mass is 10.3. The van der Waals surface area contributed by atoms with E-state index in [1.165, 1.54) is 11.7 Å². The second-order valence-corrected chi connectivity index (χ2v) is 3.37. The summed E-state index contributed by atoms with van der Waals surface area (Å²) in [5.41, 5.74) is -0.144. The van der Waals surface area contributed by atoms with Crippen LogP contribution >= 0.6 is 0 Å². The molecular weight excluding hydrogens is 242 g/mol. The molecule has 8 nitrogen and oxygen atoms in total. The van der Waals surface area contributed by atoms with E-state index in [2.05, 4.69) is 15.2 Å². The number of aromatic carboxylic acids is 1. The second kappa shape index (κ2) is 5.80. The SMILES string of the molecule is CCOC(=O)CC(=O)Nc1c(C(=O)O)cnn1C. The number of ether oxygens (including phenoxy) is 1. The fourth-order valence-corrected chi connectivity index (χ4v) is 1.26. The van der Waals surface area contributed by atoms with Crippen LogP contribution in [-0.4, -0.2) is 39.3 Å². The first-order chi connectivity index (χ1) is 8.45. The molecule has 8 heteroatoms. The quantitative estimate of drug-likeness (QED) is 0.566. The maximum absolute atomic E-state index is 11.5. The number of esters is 1. The van der Waals surface area contributed by atoms with Gasteiger partial charge in [0.2, 0.25) is 5.91 Å². The van der Waals surface area contributed by atoms with Crippen molar-refractivity contribution in [3.8, 4) is 0 Å². The topological polar surface area (TPSA) is 111 Å². The summed E-state index contributed by atoms with van der Waals surface area (Å²) in [6.07, 6.45) is 0.639. The van der Waals surface area contributed by atoms with Crippen molar-refractivity contribution < 1.29 is 24.2 Å². The number of rotatable bonds is 5. The molecule has 18 heavy (non-hydrogen) atoms. The summed E-state index contributed by atoms with van der Waals surface area (Å²) >= 11 is 0. The molecule has 0 aliphatic carbocycles. The van der Waals surface area contributed by atoms with E-state index in [1.54, 1.807) is 6.92 Å². The Balaban J connectivity index is 2.73. The molecule has 0 saturated heterocycles. The van der Waals surface area contributed by atoms with Gasteiger partial charge in [0.1, 0.15) is 17.8 Å². The molecule has 1 aromatic heterocycles. The van der Waals surface area contributed by atoms with Crippen molar-refractivity contribution in [2.45, 2.75) is 13.3 Å². The average molecular weight is 255 g/mol. The summed E-state index contributed by atoms with van der Waals surface area (Å²) in [5.74, 6) is -2.51. The van der Waals surface area contributed by atoms with Crippen LogP contribution in [0.15, 0.2) is 6.20 Å². The Labute approximate surface area is 103 Å². The molecule has 0 bridgehead atoms. The van der Waals surface area contributed by atoms with E-state index >= 15 is 0 Å². The number of anilines is 1. The maximum Gasteiger partial charge on any atom is 0.341 e. The van der Waals surface area contributed by atoms with Crippen LogP contribution < -0.4 is 5.32 Å². The fourth-order valence-electron chi connectivity index (χ4n) is 1.26. The van der Waals surface area contributed by atoms with Crippen molar-refractivity contribution in [3.05, 3.63) is 11.8 Å². The lowest BCUT2D eigenvalue weighted by Gasteiger charge is -2.06. The molecule has 1 aromatic rings. The monoisotopic (exact) mass is 255 g/mol. The third-order valence-corrected chi connectivity index (χ3v) is 2.04. The smallest absolute Gasteiger partial charge is 0.341 e. The van der Waals surface area contributed by atoms with Gasteiger partial charge >= 0.3 is 11.9 Å². The number of nitrogens with one attached hydrogen (secondary N) is 1. The highest BCUT2D eigenvalue weighted by Crippen LogP contribution is 2.14. The number of carboxylic acid groups (broad SMARTS) is 1. The highest BCUT2D eigenvalue weighted by Gasteiger charge is 2.18. The number of aryl methyl sites for hydroxylation is 1. The Kier molecular flexibility index (Phi) is 4.41. The summed E-state index contributed by atoms with van der Waals surface area (Å²) in [6, 6.07) is 0. The van der Waals surface area contributed by atoms with E-state index < -0.39 is 24.3 Å². The first kappa shape index (κ1) is 13.7. The minimum absolute atomic E-state index is 0.0248. The van der Waals surface area contributed by atoms with Gasteiger partial charge in [0.25, 0.3) is 0 Å². The van der Waals surface area contributed by atoms with E-state index in [1.807, 2.05) is 0 Å². The molecule has 0 radical (unpaired) electrons. The van der Waals surface area contributed by atoms with Crippen LogP contribution in [0.2, 0.25) is 0 Å². The molecule has 1 amide bonds. The van der Waals surface area contributed by atoms with Gasteiger partial charge in [-0.1, -0.05) is 0 Å². The van der Waals surface area contributed by atoms with Gasteiger partial charge < -0.3 is 15.2 Å². The molecule has 2 N–H and O–H groups in total. The van der Waals surface area contributed by atoms with Crippen LogP contribution in [0.1, 0.15) is 23.7 Å². The van der Waals surface area contributed by atoms with Crippen LogP contribution in [-0.2, 0) is 21.4 Å². The molecule has 0 saturated carbocycles. The maximum atomic E-state index is 11.5. The van der Waals surface area contributed by atoms with Crippen molar-refractivity contribution in [1.82, 2.24) is 9.78 Å². The molecule has 98 valence electrons. The van der Waals surface area contributed by atoms with Crippen molar-refractivity contribution in [2.24, 2.45) is 7.05 Å². The molecular formula is C10H13N3O5. The number of carboxylic acids is 1. The van der Waals surface area contributed by atoms with E-state index in [0.717, 1.165) is 6.20 Å². The van der Waals surface area contributed by atoms with Crippen LogP contribution in [0.3, 0.4) is 0 Å². The molecule has 0 atom stereocenters. The predicted molar refractivity (Wildman–Crippen MR) is 60.0 cm³/mol. The Morgan fingerprint density at radius 3 is 2.72 bits per heavy atom. The zero-order valence-corrected chi connectivity index (χ0v) is 9.97. The van der Waals surface area contributed by atoms with Crippen molar-refractivity contribution in [1.29, 1.82) is 0 Å². The van der Waals surface area contributed by atoms with Crippen LogP contribution in [0.25, 0.3) is 0 Å². The molecule has 0 unspecified atom stereocenters. The average Bonchev–Trinajstić information content (AvgIpc) is 2.60. The summed E-state index contributed by atoms with van der Waals surface area (Å²) in [7, 11) is 1.48. The standard InChI is InChI=1S/C10H13N3O5/c1-3-18-8(15)4-7(14)12-9-6(10(16)17)5-11-13(9)2/h5H,3-4H2,1-2H3,(H,12,14)(H,16,17). The number of aromatic nitrogens is 2. The van der Waals surface area contributed by atoms with Gasteiger partial charge in [0.05, 0.1) is 12.8 Å². The summed E-state index contributed by atoms with van der Waals surface area (Å²) in [6.45, 7) is 1.80. The van der Waals surface area contributed by atoms with Crippen molar-refractivity contribution >= 4 is 23.7 Å². The van der Waals surface area contributed by atoms with Crippen LogP contribution in [0.4, 0.5) is 5.82 Å². The second-order valence-electron chi connectivity index (χ2n) is 3.37. The van der Waals surface area contributed by atoms with E-state index in [0.29, 0.717) is 0 Å². The Hall–Kier alpha value is -2.38. The molecule has 0 aliphatic rings. The van der Waals surface area contributed by atoms with Gasteiger partial charge in [-0.15, -0.1) is 0 Å².